The molecule has 0 spiro atoms. The Hall–Kier alpha value is -2.10. The fourth-order valence-corrected chi connectivity index (χ4v) is 1.65. The Morgan fingerprint density at radius 3 is 2.65 bits per heavy atom. The molecule has 0 N–H and O–H groups in total. The minimum absolute atomic E-state index is 0.358. The first-order chi connectivity index (χ1) is 8.26. The minimum Gasteiger partial charge on any atom is -0.465 e. The molecule has 0 unspecified atom stereocenters. The maximum absolute atomic E-state index is 11.7. The minimum atomic E-state index is -0.358. The summed E-state index contributed by atoms with van der Waals surface area (Å²) in [6.07, 6.45) is 1.72. The van der Waals surface area contributed by atoms with Gasteiger partial charge in [-0.3, -0.25) is 4.68 Å². The molecule has 0 fully saturated rings. The third-order valence-electron chi connectivity index (χ3n) is 2.54. The number of hydrogen-bond acceptors (Lipinski definition) is 3. The average Bonchev–Trinajstić information content (AvgIpc) is 2.83. The average molecular weight is 230 g/mol. The SMILES string of the molecule is CCn1cc(C(=O)OC)c(-c2ccccc2)n1. The van der Waals surface area contributed by atoms with E-state index in [0.717, 1.165) is 12.1 Å². The molecule has 2 rings (SSSR count). The van der Waals surface area contributed by atoms with E-state index in [1.54, 1.807) is 10.9 Å². The zero-order chi connectivity index (χ0) is 12.3. The van der Waals surface area contributed by atoms with Crippen LogP contribution >= 0.6 is 0 Å². The Labute approximate surface area is 99.8 Å². The highest BCUT2D eigenvalue weighted by atomic mass is 16.5. The Kier molecular flexibility index (Phi) is 3.23. The van der Waals surface area contributed by atoms with Crippen molar-refractivity contribution in [2.45, 2.75) is 13.5 Å². The van der Waals surface area contributed by atoms with Crippen LogP contribution in [-0.4, -0.2) is 22.9 Å². The number of rotatable bonds is 3. The van der Waals surface area contributed by atoms with Crippen LogP contribution in [0.2, 0.25) is 0 Å². The number of aromatic nitrogens is 2. The van der Waals surface area contributed by atoms with Gasteiger partial charge in [-0.15, -0.1) is 0 Å². The summed E-state index contributed by atoms with van der Waals surface area (Å²) in [6, 6.07) is 9.62. The van der Waals surface area contributed by atoms with E-state index in [4.69, 9.17) is 4.74 Å². The molecule has 17 heavy (non-hydrogen) atoms. The molecule has 1 heterocycles. The van der Waals surface area contributed by atoms with Crippen LogP contribution in [0.4, 0.5) is 0 Å². The predicted octanol–water partition coefficient (Wildman–Crippen LogP) is 2.36. The van der Waals surface area contributed by atoms with Crippen LogP contribution in [0, 0.1) is 0 Å². The molecule has 0 aliphatic rings. The summed E-state index contributed by atoms with van der Waals surface area (Å²) >= 11 is 0. The Balaban J connectivity index is 2.52. The summed E-state index contributed by atoms with van der Waals surface area (Å²) in [5.74, 6) is -0.358. The third-order valence-corrected chi connectivity index (χ3v) is 2.54. The number of aryl methyl sites for hydroxylation is 1. The Bertz CT molecular complexity index is 517. The van der Waals surface area contributed by atoms with Gasteiger partial charge in [0.2, 0.25) is 0 Å². The van der Waals surface area contributed by atoms with Gasteiger partial charge in [0.15, 0.2) is 0 Å². The van der Waals surface area contributed by atoms with Gasteiger partial charge >= 0.3 is 5.97 Å². The summed E-state index contributed by atoms with van der Waals surface area (Å²) in [5.41, 5.74) is 2.08. The normalized spacial score (nSPS) is 10.2. The van der Waals surface area contributed by atoms with Crippen molar-refractivity contribution < 1.29 is 9.53 Å². The highest BCUT2D eigenvalue weighted by Crippen LogP contribution is 2.22. The summed E-state index contributed by atoms with van der Waals surface area (Å²) in [4.78, 5) is 11.7. The second kappa shape index (κ2) is 4.82. The first kappa shape index (κ1) is 11.4. The number of esters is 1. The number of benzene rings is 1. The standard InChI is InChI=1S/C13H14N2O2/c1-3-15-9-11(13(16)17-2)12(14-15)10-7-5-4-6-8-10/h4-9H,3H2,1-2H3. The molecule has 4 nitrogen and oxygen atoms in total. The molecular formula is C13H14N2O2. The monoisotopic (exact) mass is 230 g/mol. The molecule has 0 atom stereocenters. The topological polar surface area (TPSA) is 44.1 Å². The van der Waals surface area contributed by atoms with Gasteiger partial charge in [0.05, 0.1) is 7.11 Å². The van der Waals surface area contributed by atoms with Gasteiger partial charge in [0.1, 0.15) is 11.3 Å². The fraction of sp³-hybridized carbons (Fsp3) is 0.231. The zero-order valence-electron chi connectivity index (χ0n) is 9.88. The number of ether oxygens (including phenoxy) is 1. The van der Waals surface area contributed by atoms with E-state index in [0.29, 0.717) is 11.3 Å². The largest absolute Gasteiger partial charge is 0.465 e. The molecule has 1 aromatic carbocycles. The van der Waals surface area contributed by atoms with Gasteiger partial charge in [-0.25, -0.2) is 4.79 Å². The quantitative estimate of drug-likeness (QED) is 0.760. The van der Waals surface area contributed by atoms with Crippen LogP contribution in [0.3, 0.4) is 0 Å². The highest BCUT2D eigenvalue weighted by molar-refractivity contribution is 5.95. The number of methoxy groups -OCH3 is 1. The summed E-state index contributed by atoms with van der Waals surface area (Å²) < 4.78 is 6.49. The molecule has 88 valence electrons. The Morgan fingerprint density at radius 1 is 1.35 bits per heavy atom. The number of nitrogens with zero attached hydrogens (tertiary/aromatic N) is 2. The van der Waals surface area contributed by atoms with Crippen LogP contribution in [0.25, 0.3) is 11.3 Å². The van der Waals surface area contributed by atoms with Crippen LogP contribution in [0.5, 0.6) is 0 Å². The van der Waals surface area contributed by atoms with Crippen molar-refractivity contribution in [1.82, 2.24) is 9.78 Å². The second-order valence-corrected chi connectivity index (χ2v) is 3.60. The molecule has 0 aliphatic carbocycles. The van der Waals surface area contributed by atoms with Gasteiger partial charge in [0, 0.05) is 18.3 Å². The van der Waals surface area contributed by atoms with Crippen LogP contribution in [-0.2, 0) is 11.3 Å². The van der Waals surface area contributed by atoms with Crippen molar-refractivity contribution in [2.75, 3.05) is 7.11 Å². The van der Waals surface area contributed by atoms with Crippen molar-refractivity contribution >= 4 is 5.97 Å². The van der Waals surface area contributed by atoms with E-state index >= 15 is 0 Å². The van der Waals surface area contributed by atoms with Gasteiger partial charge in [-0.05, 0) is 6.92 Å². The van der Waals surface area contributed by atoms with Crippen molar-refractivity contribution in [1.29, 1.82) is 0 Å². The summed E-state index contributed by atoms with van der Waals surface area (Å²) in [6.45, 7) is 2.69. The molecular weight excluding hydrogens is 216 g/mol. The van der Waals surface area contributed by atoms with E-state index in [1.807, 2.05) is 37.3 Å². The first-order valence-electron chi connectivity index (χ1n) is 5.47. The molecule has 4 heteroatoms. The summed E-state index contributed by atoms with van der Waals surface area (Å²) in [7, 11) is 1.38. The third kappa shape index (κ3) is 2.20. The molecule has 0 aliphatic heterocycles. The molecule has 0 saturated carbocycles. The van der Waals surface area contributed by atoms with Gasteiger partial charge in [-0.2, -0.15) is 5.10 Å². The van der Waals surface area contributed by atoms with Gasteiger partial charge < -0.3 is 4.74 Å². The molecule has 2 aromatic rings. The number of carbonyl (C=O) groups is 1. The van der Waals surface area contributed by atoms with Crippen molar-refractivity contribution in [2.24, 2.45) is 0 Å². The molecule has 0 radical (unpaired) electrons. The van der Waals surface area contributed by atoms with Crippen molar-refractivity contribution in [3.8, 4) is 11.3 Å². The van der Waals surface area contributed by atoms with Gasteiger partial charge in [0.25, 0.3) is 0 Å². The maximum Gasteiger partial charge on any atom is 0.341 e. The smallest absolute Gasteiger partial charge is 0.341 e. The van der Waals surface area contributed by atoms with E-state index in [2.05, 4.69) is 5.10 Å². The first-order valence-corrected chi connectivity index (χ1v) is 5.47. The number of hydrogen-bond donors (Lipinski definition) is 0. The lowest BCUT2D eigenvalue weighted by molar-refractivity contribution is 0.0601. The lowest BCUT2D eigenvalue weighted by Gasteiger charge is -1.99. The van der Waals surface area contributed by atoms with Crippen LogP contribution in [0.1, 0.15) is 17.3 Å². The predicted molar refractivity (Wildman–Crippen MR) is 64.7 cm³/mol. The van der Waals surface area contributed by atoms with E-state index in [-0.39, 0.29) is 5.97 Å². The second-order valence-electron chi connectivity index (χ2n) is 3.60. The Morgan fingerprint density at radius 2 is 2.06 bits per heavy atom. The maximum atomic E-state index is 11.7. The van der Waals surface area contributed by atoms with E-state index < -0.39 is 0 Å². The highest BCUT2D eigenvalue weighted by Gasteiger charge is 2.17. The lowest BCUT2D eigenvalue weighted by Crippen LogP contribution is -2.01. The zero-order valence-corrected chi connectivity index (χ0v) is 9.88. The molecule has 1 aromatic heterocycles. The lowest BCUT2D eigenvalue weighted by atomic mass is 10.1. The molecule has 0 bridgehead atoms. The van der Waals surface area contributed by atoms with Crippen molar-refractivity contribution in [3.63, 3.8) is 0 Å². The number of carbonyl (C=O) groups excluding carboxylic acids is 1. The molecule has 0 saturated heterocycles. The van der Waals surface area contributed by atoms with E-state index in [9.17, 15) is 4.79 Å². The van der Waals surface area contributed by atoms with Crippen LogP contribution < -0.4 is 0 Å². The van der Waals surface area contributed by atoms with Crippen molar-refractivity contribution in [3.05, 3.63) is 42.1 Å². The summed E-state index contributed by atoms with van der Waals surface area (Å²) in [5, 5.41) is 4.38. The molecule has 0 amide bonds. The van der Waals surface area contributed by atoms with E-state index in [1.165, 1.54) is 7.11 Å². The fourth-order valence-electron chi connectivity index (χ4n) is 1.65. The van der Waals surface area contributed by atoms with Crippen LogP contribution in [0.15, 0.2) is 36.5 Å². The van der Waals surface area contributed by atoms with Gasteiger partial charge in [-0.1, -0.05) is 30.3 Å².